The highest BCUT2D eigenvalue weighted by molar-refractivity contribution is 5.90. The molecule has 9 saturated heterocycles. The summed E-state index contributed by atoms with van der Waals surface area (Å²) in [6, 6.07) is 6.18. The van der Waals surface area contributed by atoms with Gasteiger partial charge in [0.1, 0.15) is 0 Å². The van der Waals surface area contributed by atoms with Gasteiger partial charge in [0.2, 0.25) is 5.91 Å². The first kappa shape index (κ1) is 105. The number of likely N-dealkylation sites (tertiary alicyclic amines) is 5. The van der Waals surface area contributed by atoms with E-state index in [1.807, 2.05) is 12.4 Å². The molecule has 19 heteroatoms. The van der Waals surface area contributed by atoms with Crippen LogP contribution in [0, 0.1) is 17.3 Å². The fourth-order valence-electron chi connectivity index (χ4n) is 19.5. The van der Waals surface area contributed by atoms with E-state index in [9.17, 15) is 4.79 Å². The van der Waals surface area contributed by atoms with E-state index >= 15 is 0 Å². The molecule has 121 heavy (non-hydrogen) atoms. The van der Waals surface area contributed by atoms with Crippen molar-refractivity contribution in [1.29, 1.82) is 0 Å². The molecular weight excluding hydrogens is 1490 g/mol. The molecule has 0 spiro atoms. The van der Waals surface area contributed by atoms with Crippen LogP contribution in [0.25, 0.3) is 0 Å². The van der Waals surface area contributed by atoms with Crippen LogP contribution >= 0.6 is 0 Å². The summed E-state index contributed by atoms with van der Waals surface area (Å²) in [5, 5.41) is 12.1. The van der Waals surface area contributed by atoms with Gasteiger partial charge in [0.25, 0.3) is 0 Å². The van der Waals surface area contributed by atoms with Gasteiger partial charge in [-0.05, 0) is 312 Å². The minimum atomic E-state index is 0.0946. The third kappa shape index (κ3) is 33.6. The molecule has 12 heterocycles. The Morgan fingerprint density at radius 2 is 0.645 bits per heavy atom. The van der Waals surface area contributed by atoms with Crippen molar-refractivity contribution in [2.75, 3.05) is 188 Å². The average Bonchev–Trinajstić information content (AvgIpc) is 1.79. The third-order valence-corrected chi connectivity index (χ3v) is 28.7. The van der Waals surface area contributed by atoms with E-state index in [2.05, 4.69) is 346 Å². The smallest absolute Gasteiger partial charge is 0.237 e. The molecule has 0 radical (unpaired) electrons. The maximum atomic E-state index is 12.5. The zero-order valence-electron chi connectivity index (χ0n) is 86.3. The van der Waals surface area contributed by atoms with E-state index in [1.165, 1.54) is 192 Å². The standard InChI is InChI=1S/2C18H37N3.C17H33N3O.C17H29N3.C16H31N3.C16H29N3/c2*1-17(2,3)20-9-7-16(8-10-20)15-19-11-13-21(14-12-19)18(4,5)6;1-16(2,3)18-9-7-14(8-10-18)20-12-11-19(13-15(20)21)17(4,5)6;1-16(2,3)14-11-15(13-18-12-14)19-7-9-20(10-8-19)17(4,5)6;2*1-15(2,3)14-9-12-19(17-14)13-7-10-18(11-8-13)16(4,5)6/h2*16H,7-15H2,1-6H3;14H,7-13H2,1-6H3;11-13H,7-10H2,1-6H3;13H,7-12H2,1-6H3;9,12-13H,7-8,10-11H2,1-6H3. The maximum Gasteiger partial charge on any atom is 0.237 e. The fraction of sp³-hybridized carbons (Fsp3) is 0.902. The van der Waals surface area contributed by atoms with Crippen molar-refractivity contribution in [1.82, 2.24) is 78.6 Å². The molecule has 0 atom stereocenters. The third-order valence-electron chi connectivity index (χ3n) is 28.7. The zero-order chi connectivity index (χ0) is 90.7. The summed E-state index contributed by atoms with van der Waals surface area (Å²) in [5.41, 5.74) is 8.32. The number of hydrogen-bond donors (Lipinski definition) is 0. The first-order chi connectivity index (χ1) is 55.4. The predicted molar refractivity (Wildman–Crippen MR) is 521 cm³/mol. The van der Waals surface area contributed by atoms with Gasteiger partial charge in [0.15, 0.2) is 0 Å². The Hall–Kier alpha value is -3.34. The number of nitrogens with zero attached hydrogens (tertiary/aromatic N) is 18. The number of pyridine rings is 1. The Morgan fingerprint density at radius 3 is 0.959 bits per heavy atom. The van der Waals surface area contributed by atoms with E-state index in [4.69, 9.17) is 10.2 Å². The van der Waals surface area contributed by atoms with Crippen LogP contribution in [0.5, 0.6) is 0 Å². The second kappa shape index (κ2) is 42.9. The monoisotopic (exact) mass is 1690 g/mol. The molecule has 0 bridgehead atoms. The Bertz CT molecular complexity index is 3210. The number of hydrazone groups is 1. The molecule has 0 saturated carbocycles. The van der Waals surface area contributed by atoms with Gasteiger partial charge in [-0.25, -0.2) is 0 Å². The number of anilines is 1. The van der Waals surface area contributed by atoms with Crippen LogP contribution in [0.4, 0.5) is 5.69 Å². The molecule has 2 aromatic heterocycles. The second-order valence-electron chi connectivity index (χ2n) is 50.4. The lowest BCUT2D eigenvalue weighted by atomic mass is 9.88. The molecule has 700 valence electrons. The summed E-state index contributed by atoms with van der Waals surface area (Å²) in [6.45, 7) is 115. The number of piperidine rings is 5. The van der Waals surface area contributed by atoms with Crippen LogP contribution in [-0.4, -0.2) is 335 Å². The van der Waals surface area contributed by atoms with Crippen LogP contribution in [0.15, 0.2) is 35.8 Å². The highest BCUT2D eigenvalue weighted by Crippen LogP contribution is 2.35. The first-order valence-electron chi connectivity index (χ1n) is 49.0. The molecule has 0 aliphatic carbocycles. The quantitative estimate of drug-likeness (QED) is 0.250. The summed E-state index contributed by atoms with van der Waals surface area (Å²) < 4.78 is 2.20. The minimum Gasteiger partial charge on any atom is -0.368 e. The van der Waals surface area contributed by atoms with Crippen LogP contribution in [0.3, 0.4) is 0 Å². The second-order valence-corrected chi connectivity index (χ2v) is 50.4. The van der Waals surface area contributed by atoms with Crippen molar-refractivity contribution in [3.8, 4) is 0 Å². The van der Waals surface area contributed by atoms with E-state index < -0.39 is 0 Å². The number of rotatable bonds is 8. The number of aromatic nitrogens is 3. The highest BCUT2D eigenvalue weighted by atomic mass is 16.2. The minimum absolute atomic E-state index is 0.0946. The van der Waals surface area contributed by atoms with Crippen LogP contribution < -0.4 is 4.90 Å². The van der Waals surface area contributed by atoms with Crippen molar-refractivity contribution in [3.05, 3.63) is 42.0 Å². The topological polar surface area (TPSA) is 106 Å². The average molecular weight is 1690 g/mol. The largest absolute Gasteiger partial charge is 0.368 e. The van der Waals surface area contributed by atoms with Gasteiger partial charge in [-0.2, -0.15) is 10.2 Å². The van der Waals surface area contributed by atoms with Crippen molar-refractivity contribution in [3.63, 3.8) is 0 Å². The van der Waals surface area contributed by atoms with Crippen molar-refractivity contribution < 1.29 is 4.79 Å². The molecule has 19 nitrogen and oxygen atoms in total. The van der Waals surface area contributed by atoms with Gasteiger partial charge in [-0.3, -0.25) is 63.6 Å². The summed E-state index contributed by atoms with van der Waals surface area (Å²) in [5.74, 6) is 2.17. The number of carbonyl (C=O) groups is 1. The number of piperazine rings is 4. The summed E-state index contributed by atoms with van der Waals surface area (Å²) >= 11 is 0. The van der Waals surface area contributed by atoms with Gasteiger partial charge in [-0.1, -0.05) is 62.3 Å². The molecule has 10 aliphatic heterocycles. The fourth-order valence-corrected chi connectivity index (χ4v) is 19.5. The highest BCUT2D eigenvalue weighted by Gasteiger charge is 2.40. The first-order valence-corrected chi connectivity index (χ1v) is 49.0. The summed E-state index contributed by atoms with van der Waals surface area (Å²) in [7, 11) is 0. The van der Waals surface area contributed by atoms with E-state index in [0.717, 1.165) is 90.0 Å². The van der Waals surface area contributed by atoms with Gasteiger partial charge in [-0.15, -0.1) is 0 Å². The SMILES string of the molecule is CC(C)(C)C1=NN(C2CCN(C(C)(C)C)CC2)CC1.CC(C)(C)N1CCC(CN2CCN(C(C)(C)C)CC2)CC1.CC(C)(C)N1CCC(CN2CCN(C(C)(C)C)CC2)CC1.CC(C)(C)N1CCC(N2CCN(C(C)(C)C)CC2=O)CC1.CC(C)(C)c1ccn(C2CCN(C(C)(C)C)CC2)n1.CC(C)(C)c1cncc(N2CCN(C(C)(C)C)CC2)c1. The molecule has 9 fully saturated rings. The molecule has 12 rings (SSSR count). The summed E-state index contributed by atoms with van der Waals surface area (Å²) in [4.78, 5) is 50.1. The lowest BCUT2D eigenvalue weighted by Gasteiger charge is -2.47. The zero-order valence-corrected chi connectivity index (χ0v) is 86.3. The number of carbonyl (C=O) groups excluding carboxylic acids is 1. The maximum absolute atomic E-state index is 12.5. The van der Waals surface area contributed by atoms with Crippen molar-refractivity contribution in [2.24, 2.45) is 22.4 Å². The molecule has 10 aliphatic rings. The lowest BCUT2D eigenvalue weighted by molar-refractivity contribution is -0.142. The lowest BCUT2D eigenvalue weighted by Crippen LogP contribution is -2.60. The van der Waals surface area contributed by atoms with Gasteiger partial charge >= 0.3 is 0 Å². The normalized spacial score (nSPS) is 23.0. The van der Waals surface area contributed by atoms with Gasteiger partial charge in [0.05, 0.1) is 30.2 Å². The molecule has 1 amide bonds. The molecule has 0 unspecified atom stereocenters. The molecular formula is C102H196N18O. The Labute approximate surface area is 747 Å². The van der Waals surface area contributed by atoms with E-state index in [-0.39, 0.29) is 32.9 Å². The van der Waals surface area contributed by atoms with Gasteiger partial charge in [0, 0.05) is 248 Å². The predicted octanol–water partition coefficient (Wildman–Crippen LogP) is 18.3. The van der Waals surface area contributed by atoms with Gasteiger partial charge < -0.3 is 19.6 Å². The van der Waals surface area contributed by atoms with Crippen molar-refractivity contribution in [2.45, 2.75) is 399 Å². The number of hydrogen-bond acceptors (Lipinski definition) is 17. The Kier molecular flexibility index (Phi) is 37.2. The van der Waals surface area contributed by atoms with Crippen LogP contribution in [0.1, 0.15) is 337 Å². The van der Waals surface area contributed by atoms with E-state index in [0.29, 0.717) is 63.8 Å². The molecule has 2 aromatic rings. The van der Waals surface area contributed by atoms with Crippen molar-refractivity contribution >= 4 is 17.3 Å². The molecule has 0 N–H and O–H groups in total. The number of amides is 1. The van der Waals surface area contributed by atoms with Crippen LogP contribution in [-0.2, 0) is 15.6 Å². The Morgan fingerprint density at radius 1 is 0.322 bits per heavy atom. The van der Waals surface area contributed by atoms with E-state index in [1.54, 1.807) is 0 Å². The van der Waals surface area contributed by atoms with Crippen LogP contribution in [0.2, 0.25) is 0 Å². The summed E-state index contributed by atoms with van der Waals surface area (Å²) in [6.07, 6.45) is 20.1. The molecule has 0 aromatic carbocycles. The Balaban J connectivity index is 0.000000200.